The van der Waals surface area contributed by atoms with Gasteiger partial charge in [0, 0.05) is 16.8 Å². The summed E-state index contributed by atoms with van der Waals surface area (Å²) in [6.07, 6.45) is 0.530. The Morgan fingerprint density at radius 2 is 2.04 bits per heavy atom. The van der Waals surface area contributed by atoms with Crippen LogP contribution in [0.5, 0.6) is 0 Å². The second-order valence-corrected chi connectivity index (χ2v) is 5.11. The number of anilines is 1. The maximum absolute atomic E-state index is 12.6. The van der Waals surface area contributed by atoms with Gasteiger partial charge in [-0.15, -0.1) is 0 Å². The van der Waals surface area contributed by atoms with E-state index in [9.17, 15) is 4.79 Å². The van der Waals surface area contributed by atoms with Crippen LogP contribution in [0.25, 0.3) is 0 Å². The van der Waals surface area contributed by atoms with Crippen LogP contribution in [0.1, 0.15) is 31.4 Å². The van der Waals surface area contributed by atoms with Gasteiger partial charge in [-0.2, -0.15) is 5.10 Å². The van der Waals surface area contributed by atoms with Gasteiger partial charge in [-0.1, -0.05) is 19.6 Å². The van der Waals surface area contributed by atoms with E-state index in [0.717, 1.165) is 5.56 Å². The SMILES string of the molecule is C=C(N)/C(C)=C(\CC)C(=O)Nc1cc(C)ccc1/C(=N/N)NN. The van der Waals surface area contributed by atoms with Crippen LogP contribution < -0.4 is 28.2 Å². The molecule has 0 radical (unpaired) electrons. The number of hydrogen-bond donors (Lipinski definition) is 5. The normalized spacial score (nSPS) is 12.4. The quantitative estimate of drug-likeness (QED) is 0.139. The smallest absolute Gasteiger partial charge is 0.251 e. The Hall–Kier alpha value is -2.80. The monoisotopic (exact) mass is 316 g/mol. The Balaban J connectivity index is 3.28. The molecule has 0 unspecified atom stereocenters. The number of aryl methyl sites for hydroxylation is 1. The largest absolute Gasteiger partial charge is 0.399 e. The van der Waals surface area contributed by atoms with Crippen LogP contribution in [0, 0.1) is 6.92 Å². The van der Waals surface area contributed by atoms with Crippen molar-refractivity contribution in [3.8, 4) is 0 Å². The number of hydrogen-bond acceptors (Lipinski definition) is 5. The van der Waals surface area contributed by atoms with Crippen LogP contribution >= 0.6 is 0 Å². The van der Waals surface area contributed by atoms with E-state index in [0.29, 0.717) is 34.5 Å². The lowest BCUT2D eigenvalue weighted by Crippen LogP contribution is -2.33. The first-order valence-corrected chi connectivity index (χ1v) is 7.17. The molecule has 0 aliphatic rings. The number of nitrogens with two attached hydrogens (primary N) is 3. The van der Waals surface area contributed by atoms with Crippen LogP contribution in [0.15, 0.2) is 46.7 Å². The zero-order valence-corrected chi connectivity index (χ0v) is 13.7. The van der Waals surface area contributed by atoms with Crippen molar-refractivity contribution in [1.82, 2.24) is 5.43 Å². The minimum absolute atomic E-state index is 0.253. The Labute approximate surface area is 136 Å². The maximum atomic E-state index is 12.6. The van der Waals surface area contributed by atoms with E-state index in [-0.39, 0.29) is 11.7 Å². The number of rotatable bonds is 5. The predicted octanol–water partition coefficient (Wildman–Crippen LogP) is 1.22. The molecule has 0 aliphatic heterocycles. The summed E-state index contributed by atoms with van der Waals surface area (Å²) >= 11 is 0. The van der Waals surface area contributed by atoms with Crippen LogP contribution in [-0.2, 0) is 4.79 Å². The molecular weight excluding hydrogens is 292 g/mol. The third-order valence-electron chi connectivity index (χ3n) is 3.51. The number of nitrogens with one attached hydrogen (secondary N) is 2. The van der Waals surface area contributed by atoms with E-state index in [4.69, 9.17) is 17.4 Å². The van der Waals surface area contributed by atoms with Crippen LogP contribution in [-0.4, -0.2) is 11.7 Å². The van der Waals surface area contributed by atoms with E-state index in [1.807, 2.05) is 26.0 Å². The minimum atomic E-state index is -0.253. The highest BCUT2D eigenvalue weighted by molar-refractivity contribution is 6.10. The van der Waals surface area contributed by atoms with Crippen molar-refractivity contribution in [3.63, 3.8) is 0 Å². The molecule has 23 heavy (non-hydrogen) atoms. The standard InChI is InChI=1S/C16H24N6O/c1-5-12(10(3)11(4)17)16(23)20-14-8-9(2)6-7-13(14)15(21-18)22-19/h6-8H,4-5,17-19H2,1-3H3,(H,20,23)(H,21,22)/b12-10+. The first-order valence-electron chi connectivity index (χ1n) is 7.17. The molecule has 0 spiro atoms. The molecule has 7 heteroatoms. The summed E-state index contributed by atoms with van der Waals surface area (Å²) in [5.41, 5.74) is 11.8. The molecule has 0 saturated carbocycles. The number of amidine groups is 1. The van der Waals surface area contributed by atoms with E-state index >= 15 is 0 Å². The average molecular weight is 316 g/mol. The van der Waals surface area contributed by atoms with Gasteiger partial charge in [0.2, 0.25) is 0 Å². The van der Waals surface area contributed by atoms with E-state index < -0.39 is 0 Å². The average Bonchev–Trinajstić information content (AvgIpc) is 2.50. The number of carbonyl (C=O) groups excluding carboxylic acids is 1. The van der Waals surface area contributed by atoms with Crippen LogP contribution in [0.4, 0.5) is 5.69 Å². The molecule has 124 valence electrons. The highest BCUT2D eigenvalue weighted by Gasteiger charge is 2.16. The van der Waals surface area contributed by atoms with Crippen molar-refractivity contribution < 1.29 is 4.79 Å². The molecule has 0 atom stereocenters. The van der Waals surface area contributed by atoms with Gasteiger partial charge in [0.15, 0.2) is 5.84 Å². The lowest BCUT2D eigenvalue weighted by atomic mass is 10.0. The highest BCUT2D eigenvalue weighted by Crippen LogP contribution is 2.21. The fourth-order valence-electron chi connectivity index (χ4n) is 2.14. The molecule has 0 aliphatic carbocycles. The molecule has 1 rings (SSSR count). The molecule has 7 nitrogen and oxygen atoms in total. The lowest BCUT2D eigenvalue weighted by molar-refractivity contribution is -0.113. The molecule has 0 bridgehead atoms. The summed E-state index contributed by atoms with van der Waals surface area (Å²) < 4.78 is 0. The van der Waals surface area contributed by atoms with Crippen LogP contribution in [0.3, 0.4) is 0 Å². The van der Waals surface area contributed by atoms with E-state index in [1.165, 1.54) is 0 Å². The third kappa shape index (κ3) is 4.33. The van der Waals surface area contributed by atoms with Gasteiger partial charge in [-0.3, -0.25) is 4.79 Å². The number of hydrazine groups is 1. The highest BCUT2D eigenvalue weighted by atomic mass is 16.1. The van der Waals surface area contributed by atoms with Gasteiger partial charge >= 0.3 is 0 Å². The number of nitrogens with zero attached hydrogens (tertiary/aromatic N) is 1. The van der Waals surface area contributed by atoms with Gasteiger partial charge in [-0.25, -0.2) is 5.84 Å². The van der Waals surface area contributed by atoms with Crippen molar-refractivity contribution in [2.75, 3.05) is 5.32 Å². The lowest BCUT2D eigenvalue weighted by Gasteiger charge is -2.15. The third-order valence-corrected chi connectivity index (χ3v) is 3.51. The summed E-state index contributed by atoms with van der Waals surface area (Å²) in [4.78, 5) is 12.6. The summed E-state index contributed by atoms with van der Waals surface area (Å²) in [7, 11) is 0. The van der Waals surface area contributed by atoms with Gasteiger partial charge in [0.05, 0.1) is 5.69 Å². The minimum Gasteiger partial charge on any atom is -0.399 e. The summed E-state index contributed by atoms with van der Waals surface area (Å²) in [6.45, 7) is 9.24. The van der Waals surface area contributed by atoms with E-state index in [2.05, 4.69) is 22.4 Å². The molecule has 8 N–H and O–H groups in total. The molecule has 0 saturated heterocycles. The Kier molecular flexibility index (Phi) is 6.35. The predicted molar refractivity (Wildman–Crippen MR) is 94.2 cm³/mol. The zero-order valence-electron chi connectivity index (χ0n) is 13.7. The number of hydrazone groups is 1. The number of carbonyl (C=O) groups is 1. The second kappa shape index (κ2) is 8.00. The zero-order chi connectivity index (χ0) is 17.6. The van der Waals surface area contributed by atoms with Crippen molar-refractivity contribution >= 4 is 17.4 Å². The van der Waals surface area contributed by atoms with E-state index in [1.54, 1.807) is 13.0 Å². The maximum Gasteiger partial charge on any atom is 0.251 e. The Morgan fingerprint density at radius 1 is 1.39 bits per heavy atom. The van der Waals surface area contributed by atoms with Crippen LogP contribution in [0.2, 0.25) is 0 Å². The topological polar surface area (TPSA) is 132 Å². The molecule has 1 aromatic rings. The van der Waals surface area contributed by atoms with Crippen molar-refractivity contribution in [2.24, 2.45) is 22.5 Å². The first-order chi connectivity index (χ1) is 10.8. The number of benzene rings is 1. The molecule has 0 heterocycles. The molecule has 0 aromatic heterocycles. The van der Waals surface area contributed by atoms with Gasteiger partial charge in [0.1, 0.15) is 0 Å². The van der Waals surface area contributed by atoms with Gasteiger partial charge < -0.3 is 22.3 Å². The molecule has 1 amide bonds. The van der Waals surface area contributed by atoms with Gasteiger partial charge in [0.25, 0.3) is 5.91 Å². The number of amides is 1. The summed E-state index contributed by atoms with van der Waals surface area (Å²) in [5, 5.41) is 6.45. The summed E-state index contributed by atoms with van der Waals surface area (Å²) in [5.74, 6) is 10.8. The fraction of sp³-hybridized carbons (Fsp3) is 0.250. The number of allylic oxidation sites excluding steroid dienone is 1. The molecule has 0 fully saturated rings. The van der Waals surface area contributed by atoms with Crippen molar-refractivity contribution in [3.05, 3.63) is 52.7 Å². The summed E-state index contributed by atoms with van der Waals surface area (Å²) in [6, 6.07) is 5.47. The van der Waals surface area contributed by atoms with Crippen molar-refractivity contribution in [2.45, 2.75) is 27.2 Å². The molecule has 1 aromatic carbocycles. The Bertz CT molecular complexity index is 675. The first kappa shape index (κ1) is 18.2. The van der Waals surface area contributed by atoms with Crippen molar-refractivity contribution in [1.29, 1.82) is 0 Å². The molecular formula is C16H24N6O. The fourth-order valence-corrected chi connectivity index (χ4v) is 2.14. The Morgan fingerprint density at radius 3 is 2.52 bits per heavy atom. The second-order valence-electron chi connectivity index (χ2n) is 5.11. The van der Waals surface area contributed by atoms with Gasteiger partial charge in [-0.05, 0) is 43.5 Å².